The van der Waals surface area contributed by atoms with E-state index in [0.29, 0.717) is 23.8 Å². The Balaban J connectivity index is 1.48. The minimum absolute atomic E-state index is 0.138. The van der Waals surface area contributed by atoms with Gasteiger partial charge in [-0.05, 0) is 69.6 Å². The second-order valence-corrected chi connectivity index (χ2v) is 7.83. The molecule has 1 saturated heterocycles. The first-order valence-corrected chi connectivity index (χ1v) is 10.1. The maximum absolute atomic E-state index is 12.4. The fourth-order valence-electron chi connectivity index (χ4n) is 4.17. The summed E-state index contributed by atoms with van der Waals surface area (Å²) >= 11 is 0. The molecule has 6 nitrogen and oxygen atoms in total. The summed E-state index contributed by atoms with van der Waals surface area (Å²) < 4.78 is 16.9. The Bertz CT molecular complexity index is 942. The van der Waals surface area contributed by atoms with Crippen LogP contribution in [-0.4, -0.2) is 31.8 Å². The van der Waals surface area contributed by atoms with Crippen LogP contribution < -0.4 is 15.7 Å². The van der Waals surface area contributed by atoms with E-state index in [2.05, 4.69) is 5.32 Å². The van der Waals surface area contributed by atoms with E-state index in [0.717, 1.165) is 67.4 Å². The highest BCUT2D eigenvalue weighted by Crippen LogP contribution is 2.33. The second-order valence-electron chi connectivity index (χ2n) is 7.83. The molecule has 1 N–H and O–H groups in total. The molecule has 28 heavy (non-hydrogen) atoms. The minimum atomic E-state index is -0.628. The van der Waals surface area contributed by atoms with Gasteiger partial charge in [-0.25, -0.2) is 4.79 Å². The van der Waals surface area contributed by atoms with Crippen molar-refractivity contribution in [2.45, 2.75) is 52.1 Å². The van der Waals surface area contributed by atoms with Crippen LogP contribution in [-0.2, 0) is 22.4 Å². The number of aryl methyl sites for hydroxylation is 2. The van der Waals surface area contributed by atoms with E-state index in [9.17, 15) is 9.59 Å². The first-order valence-electron chi connectivity index (χ1n) is 10.1. The van der Waals surface area contributed by atoms with Crippen LogP contribution in [0.1, 0.15) is 42.9 Å². The Hall–Kier alpha value is -2.34. The third-order valence-corrected chi connectivity index (χ3v) is 5.92. The van der Waals surface area contributed by atoms with Gasteiger partial charge in [-0.2, -0.15) is 0 Å². The van der Waals surface area contributed by atoms with E-state index in [1.54, 1.807) is 6.92 Å². The number of amides is 1. The van der Waals surface area contributed by atoms with E-state index in [-0.39, 0.29) is 11.5 Å². The molecule has 150 valence electrons. The fraction of sp³-hybridized carbons (Fsp3) is 0.545. The van der Waals surface area contributed by atoms with Gasteiger partial charge in [0.25, 0.3) is 5.91 Å². The lowest BCUT2D eigenvalue weighted by molar-refractivity contribution is -0.127. The SMILES string of the molecule is Cc1c(OC(C)C(=O)NCC2CCOCC2)ccc2c3c(c(=O)oc12)CCC3. The molecule has 1 fully saturated rings. The molecule has 1 aromatic heterocycles. The maximum Gasteiger partial charge on any atom is 0.339 e. The van der Waals surface area contributed by atoms with Gasteiger partial charge in [-0.1, -0.05) is 0 Å². The largest absolute Gasteiger partial charge is 0.480 e. The molecule has 1 amide bonds. The number of fused-ring (bicyclic) bond motifs is 3. The molecule has 0 radical (unpaired) electrons. The number of carbonyl (C=O) groups excluding carboxylic acids is 1. The van der Waals surface area contributed by atoms with E-state index >= 15 is 0 Å². The standard InChI is InChI=1S/C22H27NO5/c1-13-19(27-14(2)21(24)23-12-15-8-10-26-11-9-15)7-6-17-16-4-3-5-18(16)22(25)28-20(13)17/h6-7,14-15H,3-5,8-12H2,1-2H3,(H,23,24). The Kier molecular flexibility index (Phi) is 5.40. The summed E-state index contributed by atoms with van der Waals surface area (Å²) in [5.74, 6) is 0.896. The third-order valence-electron chi connectivity index (χ3n) is 5.92. The molecule has 2 aliphatic rings. The van der Waals surface area contributed by atoms with Crippen molar-refractivity contribution in [3.05, 3.63) is 39.2 Å². The van der Waals surface area contributed by atoms with Crippen LogP contribution in [0.25, 0.3) is 11.0 Å². The molecule has 2 heterocycles. The molecule has 0 bridgehead atoms. The van der Waals surface area contributed by atoms with Crippen molar-refractivity contribution in [3.8, 4) is 5.75 Å². The summed E-state index contributed by atoms with van der Waals surface area (Å²) in [7, 11) is 0. The molecule has 1 unspecified atom stereocenters. The summed E-state index contributed by atoms with van der Waals surface area (Å²) in [4.78, 5) is 24.7. The topological polar surface area (TPSA) is 77.8 Å². The quantitative estimate of drug-likeness (QED) is 0.801. The number of ether oxygens (including phenoxy) is 2. The lowest BCUT2D eigenvalue weighted by atomic mass is 10.0. The van der Waals surface area contributed by atoms with Crippen LogP contribution in [0, 0.1) is 12.8 Å². The first kappa shape index (κ1) is 19.0. The number of hydrogen-bond donors (Lipinski definition) is 1. The van der Waals surface area contributed by atoms with Gasteiger partial charge in [0.1, 0.15) is 11.3 Å². The van der Waals surface area contributed by atoms with Crippen LogP contribution in [0.15, 0.2) is 21.3 Å². The summed E-state index contributed by atoms with van der Waals surface area (Å²) in [6, 6.07) is 3.82. The van der Waals surface area contributed by atoms with Crippen molar-refractivity contribution in [3.63, 3.8) is 0 Å². The number of hydrogen-bond acceptors (Lipinski definition) is 5. The van der Waals surface area contributed by atoms with Crippen LogP contribution in [0.2, 0.25) is 0 Å². The van der Waals surface area contributed by atoms with E-state index in [1.165, 1.54) is 0 Å². The predicted molar refractivity (Wildman–Crippen MR) is 106 cm³/mol. The highest BCUT2D eigenvalue weighted by atomic mass is 16.5. The zero-order chi connectivity index (χ0) is 19.7. The monoisotopic (exact) mass is 385 g/mol. The highest BCUT2D eigenvalue weighted by molar-refractivity contribution is 5.86. The fourth-order valence-corrected chi connectivity index (χ4v) is 4.17. The molecular weight excluding hydrogens is 358 g/mol. The zero-order valence-electron chi connectivity index (χ0n) is 16.5. The van der Waals surface area contributed by atoms with E-state index in [4.69, 9.17) is 13.9 Å². The average molecular weight is 385 g/mol. The van der Waals surface area contributed by atoms with Crippen molar-refractivity contribution in [1.29, 1.82) is 0 Å². The number of nitrogens with one attached hydrogen (secondary N) is 1. The molecule has 4 rings (SSSR count). The first-order chi connectivity index (χ1) is 13.5. The molecule has 1 atom stereocenters. The van der Waals surface area contributed by atoms with Gasteiger partial charge in [-0.15, -0.1) is 0 Å². The Labute approximate surface area is 164 Å². The van der Waals surface area contributed by atoms with Gasteiger partial charge < -0.3 is 19.2 Å². The lowest BCUT2D eigenvalue weighted by Crippen LogP contribution is -2.40. The van der Waals surface area contributed by atoms with Crippen molar-refractivity contribution >= 4 is 16.9 Å². The Morgan fingerprint density at radius 2 is 2.00 bits per heavy atom. The van der Waals surface area contributed by atoms with Crippen molar-refractivity contribution < 1.29 is 18.7 Å². The van der Waals surface area contributed by atoms with Crippen LogP contribution in [0.4, 0.5) is 0 Å². The second kappa shape index (κ2) is 7.95. The molecule has 6 heteroatoms. The van der Waals surface area contributed by atoms with Gasteiger partial charge in [0, 0.05) is 36.3 Å². The van der Waals surface area contributed by atoms with Gasteiger partial charge in [0.15, 0.2) is 6.10 Å². The molecular formula is C22H27NO5. The van der Waals surface area contributed by atoms with E-state index < -0.39 is 6.10 Å². The highest BCUT2D eigenvalue weighted by Gasteiger charge is 2.23. The van der Waals surface area contributed by atoms with Crippen molar-refractivity contribution in [2.75, 3.05) is 19.8 Å². The summed E-state index contributed by atoms with van der Waals surface area (Å²) in [5.41, 5.74) is 2.98. The normalized spacial score (nSPS) is 18.1. The molecule has 1 aliphatic heterocycles. The van der Waals surface area contributed by atoms with Crippen LogP contribution in [0.5, 0.6) is 5.75 Å². The Morgan fingerprint density at radius 3 is 2.79 bits per heavy atom. The lowest BCUT2D eigenvalue weighted by Gasteiger charge is -2.23. The summed E-state index contributed by atoms with van der Waals surface area (Å²) in [5, 5.41) is 3.96. The summed E-state index contributed by atoms with van der Waals surface area (Å²) in [6.45, 7) is 5.78. The third kappa shape index (κ3) is 3.65. The number of rotatable bonds is 5. The molecule has 1 aliphatic carbocycles. The number of benzene rings is 1. The average Bonchev–Trinajstić information content (AvgIpc) is 3.20. The molecule has 1 aromatic carbocycles. The molecule has 0 saturated carbocycles. The van der Waals surface area contributed by atoms with Crippen LogP contribution in [0.3, 0.4) is 0 Å². The predicted octanol–water partition coefficient (Wildman–Crippen LogP) is 2.90. The molecule has 2 aromatic rings. The van der Waals surface area contributed by atoms with Gasteiger partial charge in [0.05, 0.1) is 0 Å². The van der Waals surface area contributed by atoms with Crippen molar-refractivity contribution in [2.24, 2.45) is 5.92 Å². The Morgan fingerprint density at radius 1 is 1.25 bits per heavy atom. The number of carbonyl (C=O) groups is 1. The maximum atomic E-state index is 12.4. The van der Waals surface area contributed by atoms with Crippen LogP contribution >= 0.6 is 0 Å². The van der Waals surface area contributed by atoms with Gasteiger partial charge in [-0.3, -0.25) is 4.79 Å². The molecule has 0 spiro atoms. The zero-order valence-corrected chi connectivity index (χ0v) is 16.5. The van der Waals surface area contributed by atoms with Crippen molar-refractivity contribution in [1.82, 2.24) is 5.32 Å². The summed E-state index contributed by atoms with van der Waals surface area (Å²) in [6.07, 6.45) is 4.00. The smallest absolute Gasteiger partial charge is 0.339 e. The van der Waals surface area contributed by atoms with Gasteiger partial charge in [0.2, 0.25) is 0 Å². The van der Waals surface area contributed by atoms with E-state index in [1.807, 2.05) is 19.1 Å². The van der Waals surface area contributed by atoms with Gasteiger partial charge >= 0.3 is 5.63 Å². The minimum Gasteiger partial charge on any atom is -0.480 e.